The predicted molar refractivity (Wildman–Crippen MR) is 102 cm³/mol. The van der Waals surface area contributed by atoms with Crippen molar-refractivity contribution in [2.24, 2.45) is 11.3 Å². The molecule has 3 amide bonds. The van der Waals surface area contributed by atoms with Gasteiger partial charge in [0.2, 0.25) is 0 Å². The number of aliphatic hydroxyl groups excluding tert-OH is 1. The van der Waals surface area contributed by atoms with E-state index in [0.717, 1.165) is 11.3 Å². The highest BCUT2D eigenvalue weighted by Crippen LogP contribution is 2.46. The van der Waals surface area contributed by atoms with E-state index in [1.165, 1.54) is 0 Å². The molecule has 1 saturated heterocycles. The van der Waals surface area contributed by atoms with Gasteiger partial charge in [0, 0.05) is 0 Å². The first-order valence-corrected chi connectivity index (χ1v) is 9.59. The van der Waals surface area contributed by atoms with Crippen LogP contribution in [0.2, 0.25) is 0 Å². The first-order valence-electron chi connectivity index (χ1n) is 9.59. The number of carbonyl (C=O) groups excluding carboxylic acids is 2. The highest BCUT2D eigenvalue weighted by atomic mass is 16.5. The number of nitrogens with zero attached hydrogens (tertiary/aromatic N) is 2. The van der Waals surface area contributed by atoms with E-state index in [9.17, 15) is 14.7 Å². The summed E-state index contributed by atoms with van der Waals surface area (Å²) in [7, 11) is 0. The Morgan fingerprint density at radius 3 is 2.61 bits per heavy atom. The van der Waals surface area contributed by atoms with Crippen LogP contribution in [0.1, 0.15) is 45.6 Å². The number of ether oxygens (including phenoxy) is 1. The number of imide groups is 1. The maximum absolute atomic E-state index is 13.1. The zero-order valence-electron chi connectivity index (χ0n) is 16.6. The van der Waals surface area contributed by atoms with E-state index < -0.39 is 17.7 Å². The summed E-state index contributed by atoms with van der Waals surface area (Å²) >= 11 is 0. The molecule has 2 fully saturated rings. The van der Waals surface area contributed by atoms with Crippen LogP contribution in [0, 0.1) is 22.7 Å². The summed E-state index contributed by atoms with van der Waals surface area (Å²) < 4.78 is 5.51. The molecule has 28 heavy (non-hydrogen) atoms. The van der Waals surface area contributed by atoms with Gasteiger partial charge >= 0.3 is 6.03 Å². The first kappa shape index (κ1) is 20.2. The fourth-order valence-electron chi connectivity index (χ4n) is 4.75. The summed E-state index contributed by atoms with van der Waals surface area (Å²) in [4.78, 5) is 26.6. The summed E-state index contributed by atoms with van der Waals surface area (Å²) in [5.74, 6) is 0.585. The molecular weight excluding hydrogens is 358 g/mol. The van der Waals surface area contributed by atoms with E-state index in [1.54, 1.807) is 24.3 Å². The van der Waals surface area contributed by atoms with Crippen molar-refractivity contribution in [3.63, 3.8) is 0 Å². The van der Waals surface area contributed by atoms with E-state index in [4.69, 9.17) is 10.00 Å². The van der Waals surface area contributed by atoms with Crippen molar-refractivity contribution >= 4 is 11.9 Å². The molecule has 1 aromatic rings. The van der Waals surface area contributed by atoms with Crippen molar-refractivity contribution in [2.45, 2.75) is 51.7 Å². The zero-order chi connectivity index (χ0) is 20.5. The lowest BCUT2D eigenvalue weighted by atomic mass is 9.64. The van der Waals surface area contributed by atoms with Crippen LogP contribution in [0.4, 0.5) is 4.79 Å². The van der Waals surface area contributed by atoms with Crippen molar-refractivity contribution in [1.82, 2.24) is 10.2 Å². The Morgan fingerprint density at radius 2 is 2.00 bits per heavy atom. The Hall–Kier alpha value is -2.59. The lowest BCUT2D eigenvalue weighted by Crippen LogP contribution is -2.54. The summed E-state index contributed by atoms with van der Waals surface area (Å²) in [6.45, 7) is 6.17. The van der Waals surface area contributed by atoms with Crippen LogP contribution in [0.5, 0.6) is 5.75 Å². The molecule has 0 radical (unpaired) electrons. The highest BCUT2D eigenvalue weighted by molar-refractivity contribution is 6.07. The number of hydrogen-bond donors (Lipinski definition) is 2. The molecule has 7 nitrogen and oxygen atoms in total. The molecule has 150 valence electrons. The number of aliphatic hydroxyl groups is 1. The van der Waals surface area contributed by atoms with E-state index in [0.29, 0.717) is 30.1 Å². The Labute approximate surface area is 165 Å². The van der Waals surface area contributed by atoms with Crippen LogP contribution >= 0.6 is 0 Å². The van der Waals surface area contributed by atoms with E-state index >= 15 is 0 Å². The number of urea groups is 1. The van der Waals surface area contributed by atoms with Crippen molar-refractivity contribution in [2.75, 3.05) is 13.2 Å². The Bertz CT molecular complexity index is 799. The van der Waals surface area contributed by atoms with Gasteiger partial charge in [0.25, 0.3) is 5.91 Å². The molecule has 1 aliphatic heterocycles. The number of amides is 3. The van der Waals surface area contributed by atoms with Crippen LogP contribution in [0.3, 0.4) is 0 Å². The van der Waals surface area contributed by atoms with Crippen LogP contribution in [0.25, 0.3) is 0 Å². The molecule has 0 unspecified atom stereocenters. The van der Waals surface area contributed by atoms with Gasteiger partial charge in [-0.05, 0) is 54.9 Å². The van der Waals surface area contributed by atoms with Crippen molar-refractivity contribution in [3.8, 4) is 11.8 Å². The van der Waals surface area contributed by atoms with Crippen LogP contribution in [-0.4, -0.2) is 46.7 Å². The Morgan fingerprint density at radius 1 is 1.32 bits per heavy atom. The summed E-state index contributed by atoms with van der Waals surface area (Å²) in [6.07, 6.45) is 1.23. The quantitative estimate of drug-likeness (QED) is 0.758. The van der Waals surface area contributed by atoms with Gasteiger partial charge in [0.05, 0.1) is 18.2 Å². The molecule has 3 atom stereocenters. The van der Waals surface area contributed by atoms with Gasteiger partial charge in [-0.15, -0.1) is 0 Å². The Balaban J connectivity index is 1.61. The number of benzene rings is 1. The minimum Gasteiger partial charge on any atom is -0.491 e. The third kappa shape index (κ3) is 4.12. The molecule has 2 aliphatic rings. The standard InChI is InChI=1S/C21H27N3O4/c1-14-8-20(2,3)13-21(9-14)18(26)24(19(27)23-21)11-16(25)12-28-17-6-4-15(10-22)5-7-17/h4-7,14,16,25H,8-9,11-13H2,1-3H3,(H,23,27)/t14-,16-,21-/m1/s1. The van der Waals surface area contributed by atoms with E-state index in [-0.39, 0.29) is 24.5 Å². The average Bonchev–Trinajstić information content (AvgIpc) is 2.82. The summed E-state index contributed by atoms with van der Waals surface area (Å²) in [5.41, 5.74) is -0.387. The van der Waals surface area contributed by atoms with E-state index in [1.807, 2.05) is 6.07 Å². The summed E-state index contributed by atoms with van der Waals surface area (Å²) in [6, 6.07) is 8.09. The van der Waals surface area contributed by atoms with Gasteiger partial charge in [-0.25, -0.2) is 4.79 Å². The maximum Gasteiger partial charge on any atom is 0.325 e. The molecule has 1 spiro atoms. The highest BCUT2D eigenvalue weighted by Gasteiger charge is 2.56. The maximum atomic E-state index is 13.1. The lowest BCUT2D eigenvalue weighted by Gasteiger charge is -2.43. The molecule has 1 heterocycles. The average molecular weight is 385 g/mol. The largest absolute Gasteiger partial charge is 0.491 e. The minimum absolute atomic E-state index is 0.0338. The van der Waals surface area contributed by atoms with Gasteiger partial charge in [-0.2, -0.15) is 5.26 Å². The van der Waals surface area contributed by atoms with Crippen LogP contribution in [0.15, 0.2) is 24.3 Å². The monoisotopic (exact) mass is 385 g/mol. The second-order valence-electron chi connectivity index (χ2n) is 8.88. The number of nitrogens with one attached hydrogen (secondary N) is 1. The van der Waals surface area contributed by atoms with Crippen molar-refractivity contribution < 1.29 is 19.4 Å². The molecule has 2 N–H and O–H groups in total. The third-order valence-electron chi connectivity index (χ3n) is 5.44. The number of β-amino-alcohol motifs (C(OH)–C–C–N with tert-alkyl or cyclic N) is 1. The first-order chi connectivity index (χ1) is 13.1. The van der Waals surface area contributed by atoms with Gasteiger partial charge in [0.1, 0.15) is 24.0 Å². The van der Waals surface area contributed by atoms with Crippen LogP contribution < -0.4 is 10.1 Å². The number of hydrogen-bond acceptors (Lipinski definition) is 5. The van der Waals surface area contributed by atoms with Gasteiger partial charge in [0.15, 0.2) is 0 Å². The summed E-state index contributed by atoms with van der Waals surface area (Å²) in [5, 5.41) is 22.0. The molecule has 3 rings (SSSR count). The molecule has 1 aromatic carbocycles. The number of carbonyl (C=O) groups is 2. The van der Waals surface area contributed by atoms with Crippen molar-refractivity contribution in [3.05, 3.63) is 29.8 Å². The third-order valence-corrected chi connectivity index (χ3v) is 5.44. The molecule has 0 aromatic heterocycles. The van der Waals surface area contributed by atoms with Gasteiger partial charge in [-0.3, -0.25) is 9.69 Å². The fraction of sp³-hybridized carbons (Fsp3) is 0.571. The molecule has 1 aliphatic carbocycles. The normalized spacial score (nSPS) is 27.4. The molecule has 1 saturated carbocycles. The second-order valence-corrected chi connectivity index (χ2v) is 8.88. The predicted octanol–water partition coefficient (Wildman–Crippen LogP) is 2.43. The molecule has 0 bridgehead atoms. The van der Waals surface area contributed by atoms with E-state index in [2.05, 4.69) is 26.1 Å². The topological polar surface area (TPSA) is 103 Å². The van der Waals surface area contributed by atoms with Gasteiger partial charge < -0.3 is 15.2 Å². The zero-order valence-corrected chi connectivity index (χ0v) is 16.6. The van der Waals surface area contributed by atoms with Crippen molar-refractivity contribution in [1.29, 1.82) is 5.26 Å². The molecular formula is C21H27N3O4. The SMILES string of the molecule is C[C@@H]1CC(C)(C)C[C@@]2(C1)NC(=O)N(C[C@@H](O)COc1ccc(C#N)cc1)C2=O. The number of rotatable bonds is 5. The number of nitriles is 1. The smallest absolute Gasteiger partial charge is 0.325 e. The lowest BCUT2D eigenvalue weighted by molar-refractivity contribution is -0.135. The van der Waals surface area contributed by atoms with Crippen LogP contribution in [-0.2, 0) is 4.79 Å². The minimum atomic E-state index is -1.01. The Kier molecular flexibility index (Phi) is 5.35. The molecule has 7 heteroatoms. The second kappa shape index (κ2) is 7.44. The fourth-order valence-corrected chi connectivity index (χ4v) is 4.75. The van der Waals surface area contributed by atoms with Gasteiger partial charge in [-0.1, -0.05) is 20.8 Å².